The largest absolute Gasteiger partial charge is 0.488 e. The summed E-state index contributed by atoms with van der Waals surface area (Å²) in [4.78, 5) is 36.1. The minimum Gasteiger partial charge on any atom is -0.448 e. The van der Waals surface area contributed by atoms with Gasteiger partial charge in [0.2, 0.25) is 0 Å². The maximum atomic E-state index is 11.6. The summed E-state index contributed by atoms with van der Waals surface area (Å²) in [5.41, 5.74) is 0. The second kappa shape index (κ2) is 7.28. The lowest BCUT2D eigenvalue weighted by Gasteiger charge is -2.20. The first-order valence-corrected chi connectivity index (χ1v) is 11.9. The van der Waals surface area contributed by atoms with Gasteiger partial charge in [0.05, 0.1) is 12.6 Å². The predicted molar refractivity (Wildman–Crippen MR) is 83.3 cm³/mol. The van der Waals surface area contributed by atoms with Crippen LogP contribution in [-0.4, -0.2) is 63.6 Å². The molecule has 2 saturated heterocycles. The Balaban J connectivity index is 1.93. The number of hydrogen-bond donors (Lipinski definition) is 4. The molecule has 0 spiro atoms. The van der Waals surface area contributed by atoms with Crippen LogP contribution in [0.2, 0.25) is 0 Å². The molecule has 4 N–H and O–H groups in total. The van der Waals surface area contributed by atoms with Crippen molar-refractivity contribution in [2.45, 2.75) is 24.3 Å². The van der Waals surface area contributed by atoms with Crippen molar-refractivity contribution in [1.82, 2.24) is 0 Å². The van der Waals surface area contributed by atoms with Crippen LogP contribution in [0.4, 0.5) is 0 Å². The highest BCUT2D eigenvalue weighted by Gasteiger charge is 2.51. The third-order valence-electron chi connectivity index (χ3n) is 2.63. The van der Waals surface area contributed by atoms with Gasteiger partial charge in [0.15, 0.2) is 12.2 Å². The van der Waals surface area contributed by atoms with Gasteiger partial charge in [-0.2, -0.15) is 4.31 Å². The van der Waals surface area contributed by atoms with Crippen molar-refractivity contribution in [2.75, 3.05) is 6.61 Å². The molecule has 0 aromatic heterocycles. The molecule has 18 heteroatoms. The highest BCUT2D eigenvalue weighted by atomic mass is 32.5. The molecule has 6 atom stereocenters. The minimum absolute atomic E-state index is 0.179. The van der Waals surface area contributed by atoms with E-state index in [0.717, 1.165) is 0 Å². The molecule has 2 heterocycles. The minimum atomic E-state index is -5.38. The van der Waals surface area contributed by atoms with Crippen molar-refractivity contribution in [3.05, 3.63) is 0 Å². The topological polar surface area (TPSA) is 170 Å². The summed E-state index contributed by atoms with van der Waals surface area (Å²) < 4.78 is 50.4. The van der Waals surface area contributed by atoms with Crippen molar-refractivity contribution >= 4 is 59.5 Å². The molecule has 0 aromatic carbocycles. The molecule has 12 nitrogen and oxygen atoms in total. The van der Waals surface area contributed by atoms with Crippen molar-refractivity contribution in [3.8, 4) is 0 Å². The summed E-state index contributed by atoms with van der Waals surface area (Å²) in [5, 5.41) is -0.179. The van der Waals surface area contributed by atoms with Gasteiger partial charge in [-0.15, -0.1) is 0 Å². The summed E-state index contributed by atoms with van der Waals surface area (Å²) in [5.74, 6) is 0. The lowest BCUT2D eigenvalue weighted by molar-refractivity contribution is -0.00371. The van der Waals surface area contributed by atoms with Gasteiger partial charge in [-0.3, -0.25) is 4.52 Å². The van der Waals surface area contributed by atoms with E-state index in [-0.39, 0.29) is 5.24 Å². The van der Waals surface area contributed by atoms with Gasteiger partial charge in [-0.1, -0.05) is 0 Å². The Kier molecular flexibility index (Phi) is 6.32. The Morgan fingerprint density at radius 2 is 1.67 bits per heavy atom. The monoisotopic (exact) mass is 442 g/mol. The summed E-state index contributed by atoms with van der Waals surface area (Å²) in [6.45, 7) is -5.28. The summed E-state index contributed by atoms with van der Waals surface area (Å²) >= 11 is 8.64. The molecule has 0 saturated carbocycles. The van der Waals surface area contributed by atoms with Gasteiger partial charge in [0.1, 0.15) is 14.0 Å². The van der Waals surface area contributed by atoms with Crippen LogP contribution in [0, 0.1) is 0 Å². The SMILES string of the molecule is [B]C1OC(COP(=O)(O)OP(=O)(O)OP(O)(O)=S)C2OC(=S)OC12. The molecular formula is C6H10BO12P3S2. The number of hydrogen-bond acceptors (Lipinski definition) is 10. The van der Waals surface area contributed by atoms with E-state index < -0.39 is 53.3 Å². The van der Waals surface area contributed by atoms with Crippen LogP contribution >= 0.6 is 34.6 Å². The molecule has 2 rings (SSSR count). The molecule has 0 aliphatic carbocycles. The van der Waals surface area contributed by atoms with E-state index in [0.29, 0.717) is 0 Å². The van der Waals surface area contributed by atoms with Crippen LogP contribution in [0.3, 0.4) is 0 Å². The van der Waals surface area contributed by atoms with Gasteiger partial charge in [-0.05, 0) is 11.8 Å². The van der Waals surface area contributed by atoms with Crippen LogP contribution in [0.5, 0.6) is 0 Å². The first-order chi connectivity index (χ1) is 10.8. The predicted octanol–water partition coefficient (Wildman–Crippen LogP) is -0.592. The van der Waals surface area contributed by atoms with E-state index in [1.807, 2.05) is 0 Å². The van der Waals surface area contributed by atoms with E-state index in [9.17, 15) is 14.0 Å². The van der Waals surface area contributed by atoms with Gasteiger partial charge >= 0.3 is 27.6 Å². The lowest BCUT2D eigenvalue weighted by atomic mass is 9.93. The Bertz CT molecular complexity index is 653. The number of thiocarbonyl (C=S) groups is 1. The summed E-state index contributed by atoms with van der Waals surface area (Å²) in [6.07, 6.45) is -2.55. The summed E-state index contributed by atoms with van der Waals surface area (Å²) in [6, 6.07) is -0.940. The Hall–Kier alpha value is 0.545. The highest BCUT2D eigenvalue weighted by Crippen LogP contribution is 2.66. The van der Waals surface area contributed by atoms with E-state index in [4.69, 9.17) is 49.0 Å². The molecule has 136 valence electrons. The zero-order chi connectivity index (χ0) is 18.3. The smallest absolute Gasteiger partial charge is 0.448 e. The molecule has 0 amide bonds. The molecular weight excluding hydrogens is 432 g/mol. The normalized spacial score (nSPS) is 34.8. The van der Waals surface area contributed by atoms with Crippen LogP contribution < -0.4 is 0 Å². The number of phosphoric acid groups is 2. The molecule has 6 unspecified atom stereocenters. The van der Waals surface area contributed by atoms with Gasteiger partial charge in [-0.25, -0.2) is 13.4 Å². The third-order valence-corrected chi connectivity index (χ3v) is 7.22. The third kappa shape index (κ3) is 5.78. The molecule has 2 aliphatic rings. The fourth-order valence-corrected chi connectivity index (χ4v) is 5.90. The number of rotatable bonds is 7. The number of ether oxygens (including phenoxy) is 3. The Morgan fingerprint density at radius 3 is 2.25 bits per heavy atom. The summed E-state index contributed by atoms with van der Waals surface area (Å²) in [7, 11) is -4.93. The van der Waals surface area contributed by atoms with Gasteiger partial charge in [0, 0.05) is 12.2 Å². The first kappa shape index (κ1) is 20.9. The molecule has 0 aromatic rings. The molecule has 2 fully saturated rings. The van der Waals surface area contributed by atoms with Crippen molar-refractivity contribution < 1.29 is 56.1 Å². The second-order valence-electron chi connectivity index (χ2n) is 4.44. The van der Waals surface area contributed by atoms with Crippen LogP contribution in [0.25, 0.3) is 0 Å². The maximum Gasteiger partial charge on any atom is 0.488 e. The molecule has 2 radical (unpaired) electrons. The maximum absolute atomic E-state index is 11.6. The first-order valence-electron chi connectivity index (χ1n) is 5.85. The fourth-order valence-electron chi connectivity index (χ4n) is 1.89. The van der Waals surface area contributed by atoms with Crippen molar-refractivity contribution in [3.63, 3.8) is 0 Å². The van der Waals surface area contributed by atoms with Crippen molar-refractivity contribution in [1.29, 1.82) is 0 Å². The molecule has 24 heavy (non-hydrogen) atoms. The van der Waals surface area contributed by atoms with E-state index in [1.54, 1.807) is 0 Å². The zero-order valence-electron chi connectivity index (χ0n) is 11.3. The van der Waals surface area contributed by atoms with Crippen LogP contribution in [-0.2, 0) is 48.3 Å². The quantitative estimate of drug-likeness (QED) is 0.224. The average molecular weight is 442 g/mol. The van der Waals surface area contributed by atoms with Crippen LogP contribution in [0.1, 0.15) is 0 Å². The Morgan fingerprint density at radius 1 is 1.08 bits per heavy atom. The van der Waals surface area contributed by atoms with Gasteiger partial charge in [0.25, 0.3) is 0 Å². The fraction of sp³-hybridized carbons (Fsp3) is 0.833. The number of fused-ring (bicyclic) bond motifs is 1. The molecule has 2 aliphatic heterocycles. The molecule has 0 bridgehead atoms. The van der Waals surface area contributed by atoms with E-state index in [2.05, 4.69) is 25.0 Å². The number of phosphoric ester groups is 1. The van der Waals surface area contributed by atoms with Gasteiger partial charge < -0.3 is 33.8 Å². The van der Waals surface area contributed by atoms with E-state index in [1.165, 1.54) is 0 Å². The Labute approximate surface area is 146 Å². The average Bonchev–Trinajstić information content (AvgIpc) is 2.82. The standard InChI is InChI=1S/C6H10BO12P3S2/c7-5-4-3(16-6(23)17-4)2(15-5)1-14-20(8,9)18-21(10,11)19-22(12,13)24/h2-5H,1H2,(H,8,9)(H,10,11)(H2,12,13,24). The lowest BCUT2D eigenvalue weighted by Crippen LogP contribution is -2.31. The second-order valence-corrected chi connectivity index (χ2v) is 10.6. The van der Waals surface area contributed by atoms with Crippen LogP contribution in [0.15, 0.2) is 0 Å². The highest BCUT2D eigenvalue weighted by molar-refractivity contribution is 8.08. The van der Waals surface area contributed by atoms with Crippen molar-refractivity contribution in [2.24, 2.45) is 0 Å². The zero-order valence-corrected chi connectivity index (χ0v) is 15.6. The van der Waals surface area contributed by atoms with E-state index >= 15 is 0 Å².